The topological polar surface area (TPSA) is 47.6 Å². The van der Waals surface area contributed by atoms with Gasteiger partial charge in [0.05, 0.1) is 7.11 Å². The SMILES string of the molecule is COc1cccc(O[C@H](C)C(=O)NCCSCc2c(Cl)cccc2Cl)c1. The Morgan fingerprint density at radius 1 is 1.15 bits per heavy atom. The van der Waals surface area contributed by atoms with E-state index < -0.39 is 6.10 Å². The first kappa shape index (κ1) is 20.7. The van der Waals surface area contributed by atoms with Crippen LogP contribution in [0.2, 0.25) is 10.0 Å². The van der Waals surface area contributed by atoms with Gasteiger partial charge in [0, 0.05) is 34.2 Å². The van der Waals surface area contributed by atoms with E-state index in [0.29, 0.717) is 33.8 Å². The molecule has 0 radical (unpaired) electrons. The predicted molar refractivity (Wildman–Crippen MR) is 109 cm³/mol. The number of methoxy groups -OCH3 is 1. The third kappa shape index (κ3) is 6.31. The van der Waals surface area contributed by atoms with Crippen LogP contribution in [0.3, 0.4) is 0 Å². The Balaban J connectivity index is 1.71. The van der Waals surface area contributed by atoms with E-state index in [2.05, 4.69) is 5.32 Å². The molecule has 0 saturated carbocycles. The lowest BCUT2D eigenvalue weighted by Crippen LogP contribution is -2.37. The number of hydrogen-bond acceptors (Lipinski definition) is 4. The number of hydrogen-bond donors (Lipinski definition) is 1. The Labute approximate surface area is 168 Å². The zero-order valence-corrected chi connectivity index (χ0v) is 17.0. The van der Waals surface area contributed by atoms with Gasteiger partial charge in [0.15, 0.2) is 6.10 Å². The molecule has 0 spiro atoms. The fourth-order valence-corrected chi connectivity index (χ4v) is 3.76. The number of nitrogens with one attached hydrogen (secondary N) is 1. The van der Waals surface area contributed by atoms with Crippen molar-refractivity contribution in [2.45, 2.75) is 18.8 Å². The summed E-state index contributed by atoms with van der Waals surface area (Å²) < 4.78 is 10.8. The number of carbonyl (C=O) groups is 1. The quantitative estimate of drug-likeness (QED) is 0.598. The van der Waals surface area contributed by atoms with Gasteiger partial charge < -0.3 is 14.8 Å². The summed E-state index contributed by atoms with van der Waals surface area (Å²) >= 11 is 13.9. The molecule has 2 rings (SSSR count). The van der Waals surface area contributed by atoms with Crippen LogP contribution in [-0.2, 0) is 10.5 Å². The van der Waals surface area contributed by atoms with E-state index >= 15 is 0 Å². The van der Waals surface area contributed by atoms with Gasteiger partial charge in [-0.3, -0.25) is 4.79 Å². The Morgan fingerprint density at radius 2 is 1.81 bits per heavy atom. The van der Waals surface area contributed by atoms with Gasteiger partial charge in [-0.1, -0.05) is 35.3 Å². The summed E-state index contributed by atoms with van der Waals surface area (Å²) in [5, 5.41) is 4.19. The lowest BCUT2D eigenvalue weighted by molar-refractivity contribution is -0.127. The van der Waals surface area contributed by atoms with Gasteiger partial charge in [-0.05, 0) is 36.8 Å². The summed E-state index contributed by atoms with van der Waals surface area (Å²) in [4.78, 5) is 12.1. The Morgan fingerprint density at radius 3 is 2.50 bits per heavy atom. The van der Waals surface area contributed by atoms with Crippen LogP contribution >= 0.6 is 35.0 Å². The molecule has 140 valence electrons. The lowest BCUT2D eigenvalue weighted by Gasteiger charge is -2.15. The van der Waals surface area contributed by atoms with E-state index in [1.54, 1.807) is 37.9 Å². The third-order valence-electron chi connectivity index (χ3n) is 3.58. The molecule has 1 atom stereocenters. The lowest BCUT2D eigenvalue weighted by atomic mass is 10.2. The van der Waals surface area contributed by atoms with Gasteiger partial charge in [0.2, 0.25) is 0 Å². The maximum absolute atomic E-state index is 12.1. The second kappa shape index (κ2) is 10.6. The maximum atomic E-state index is 12.1. The smallest absolute Gasteiger partial charge is 0.260 e. The minimum atomic E-state index is -0.592. The van der Waals surface area contributed by atoms with Crippen LogP contribution in [0.25, 0.3) is 0 Å². The molecule has 1 N–H and O–H groups in total. The molecule has 0 bridgehead atoms. The van der Waals surface area contributed by atoms with Crippen LogP contribution in [0.1, 0.15) is 12.5 Å². The molecule has 0 unspecified atom stereocenters. The van der Waals surface area contributed by atoms with E-state index in [1.807, 2.05) is 30.3 Å². The molecule has 0 heterocycles. The highest BCUT2D eigenvalue weighted by Crippen LogP contribution is 2.28. The van der Waals surface area contributed by atoms with Gasteiger partial charge in [-0.25, -0.2) is 0 Å². The summed E-state index contributed by atoms with van der Waals surface area (Å²) in [5.74, 6) is 2.56. The van der Waals surface area contributed by atoms with E-state index in [0.717, 1.165) is 11.3 Å². The summed E-state index contributed by atoms with van der Waals surface area (Å²) in [6.07, 6.45) is -0.592. The molecule has 0 aliphatic heterocycles. The van der Waals surface area contributed by atoms with Crippen molar-refractivity contribution in [3.8, 4) is 11.5 Å². The Hall–Kier alpha value is -1.56. The van der Waals surface area contributed by atoms with Crippen molar-refractivity contribution >= 4 is 40.9 Å². The highest BCUT2D eigenvalue weighted by molar-refractivity contribution is 7.98. The standard InChI is InChI=1S/C19H21Cl2NO3S/c1-13(25-15-6-3-5-14(11-15)24-2)19(23)22-9-10-26-12-16-17(20)7-4-8-18(16)21/h3-8,11,13H,9-10,12H2,1-2H3,(H,22,23)/t13-/m1/s1. The van der Waals surface area contributed by atoms with Crippen LogP contribution < -0.4 is 14.8 Å². The molecule has 0 saturated heterocycles. The van der Waals surface area contributed by atoms with Crippen LogP contribution in [0.15, 0.2) is 42.5 Å². The Bertz CT molecular complexity index is 722. The largest absolute Gasteiger partial charge is 0.497 e. The monoisotopic (exact) mass is 413 g/mol. The molecule has 0 aliphatic rings. The summed E-state index contributed by atoms with van der Waals surface area (Å²) in [5.41, 5.74) is 0.918. The van der Waals surface area contributed by atoms with Gasteiger partial charge >= 0.3 is 0 Å². The first-order chi connectivity index (χ1) is 12.5. The van der Waals surface area contributed by atoms with Crippen molar-refractivity contribution in [3.05, 3.63) is 58.1 Å². The molecule has 7 heteroatoms. The number of thioether (sulfide) groups is 1. The Kier molecular flexibility index (Phi) is 8.42. The van der Waals surface area contributed by atoms with Crippen molar-refractivity contribution in [1.29, 1.82) is 0 Å². The molecule has 0 aromatic heterocycles. The number of carbonyl (C=O) groups excluding carboxylic acids is 1. The maximum Gasteiger partial charge on any atom is 0.260 e. The molecule has 2 aromatic carbocycles. The second-order valence-corrected chi connectivity index (χ2v) is 7.40. The van der Waals surface area contributed by atoms with Crippen LogP contribution in [0.4, 0.5) is 0 Å². The summed E-state index contributed by atoms with van der Waals surface area (Å²) in [6.45, 7) is 2.25. The number of rotatable bonds is 9. The first-order valence-electron chi connectivity index (χ1n) is 8.10. The van der Waals surface area contributed by atoms with Crippen molar-refractivity contribution in [3.63, 3.8) is 0 Å². The molecular weight excluding hydrogens is 393 g/mol. The van der Waals surface area contributed by atoms with Crippen molar-refractivity contribution in [2.24, 2.45) is 0 Å². The fourth-order valence-electron chi connectivity index (χ4n) is 2.17. The van der Waals surface area contributed by atoms with Crippen LogP contribution in [-0.4, -0.2) is 31.4 Å². The summed E-state index contributed by atoms with van der Waals surface area (Å²) in [6, 6.07) is 12.6. The number of benzene rings is 2. The molecule has 0 aliphatic carbocycles. The van der Waals surface area contributed by atoms with E-state index in [4.69, 9.17) is 32.7 Å². The van der Waals surface area contributed by atoms with Crippen LogP contribution in [0, 0.1) is 0 Å². The average molecular weight is 414 g/mol. The van der Waals surface area contributed by atoms with E-state index in [9.17, 15) is 4.79 Å². The van der Waals surface area contributed by atoms with Gasteiger partial charge in [0.25, 0.3) is 5.91 Å². The second-order valence-electron chi connectivity index (χ2n) is 5.48. The van der Waals surface area contributed by atoms with E-state index in [-0.39, 0.29) is 5.91 Å². The third-order valence-corrected chi connectivity index (χ3v) is 5.27. The molecular formula is C19H21Cl2NO3S. The van der Waals surface area contributed by atoms with E-state index in [1.165, 1.54) is 0 Å². The molecule has 4 nitrogen and oxygen atoms in total. The zero-order valence-electron chi connectivity index (χ0n) is 14.6. The fraction of sp³-hybridized carbons (Fsp3) is 0.316. The first-order valence-corrected chi connectivity index (χ1v) is 10.0. The number of amides is 1. The normalized spacial score (nSPS) is 11.7. The minimum Gasteiger partial charge on any atom is -0.497 e. The van der Waals surface area contributed by atoms with Crippen molar-refractivity contribution < 1.29 is 14.3 Å². The van der Waals surface area contributed by atoms with Crippen molar-refractivity contribution in [1.82, 2.24) is 5.32 Å². The average Bonchev–Trinajstić information content (AvgIpc) is 2.63. The highest BCUT2D eigenvalue weighted by atomic mass is 35.5. The highest BCUT2D eigenvalue weighted by Gasteiger charge is 2.14. The van der Waals surface area contributed by atoms with Gasteiger partial charge in [-0.15, -0.1) is 0 Å². The zero-order chi connectivity index (χ0) is 18.9. The molecule has 1 amide bonds. The summed E-state index contributed by atoms with van der Waals surface area (Å²) in [7, 11) is 1.59. The molecule has 0 fully saturated rings. The number of halogens is 2. The molecule has 26 heavy (non-hydrogen) atoms. The number of ether oxygens (including phenoxy) is 2. The van der Waals surface area contributed by atoms with Crippen LogP contribution in [0.5, 0.6) is 11.5 Å². The minimum absolute atomic E-state index is 0.163. The van der Waals surface area contributed by atoms with Gasteiger partial charge in [-0.2, -0.15) is 11.8 Å². The molecule has 2 aromatic rings. The predicted octanol–water partition coefficient (Wildman–Crippen LogP) is 4.82. The van der Waals surface area contributed by atoms with Crippen molar-refractivity contribution in [2.75, 3.05) is 19.4 Å². The van der Waals surface area contributed by atoms with Gasteiger partial charge in [0.1, 0.15) is 11.5 Å².